The van der Waals surface area contributed by atoms with Crippen LogP contribution in [0.3, 0.4) is 0 Å². The number of hydrogen-bond donors (Lipinski definition) is 0. The van der Waals surface area contributed by atoms with Gasteiger partial charge >= 0.3 is 0 Å². The highest BCUT2D eigenvalue weighted by molar-refractivity contribution is 5.76. The molecule has 2 aliphatic rings. The highest BCUT2D eigenvalue weighted by Crippen LogP contribution is 2.35. The van der Waals surface area contributed by atoms with E-state index in [2.05, 4.69) is 15.1 Å². The van der Waals surface area contributed by atoms with E-state index in [9.17, 15) is 9.59 Å². The van der Waals surface area contributed by atoms with Crippen molar-refractivity contribution in [2.75, 3.05) is 13.1 Å². The summed E-state index contributed by atoms with van der Waals surface area (Å²) in [5.74, 6) is 2.60. The van der Waals surface area contributed by atoms with Crippen molar-refractivity contribution in [1.29, 1.82) is 0 Å². The van der Waals surface area contributed by atoms with Gasteiger partial charge in [0, 0.05) is 50.7 Å². The molecule has 0 spiro atoms. The van der Waals surface area contributed by atoms with Crippen molar-refractivity contribution in [3.63, 3.8) is 0 Å². The highest BCUT2D eigenvalue weighted by Gasteiger charge is 2.37. The molecule has 0 N–H and O–H groups in total. The van der Waals surface area contributed by atoms with E-state index < -0.39 is 0 Å². The molecule has 1 amide bonds. The van der Waals surface area contributed by atoms with Crippen LogP contribution in [0.1, 0.15) is 29.7 Å². The predicted octanol–water partition coefficient (Wildman–Crippen LogP) is 1.10. The Morgan fingerprint density at radius 3 is 2.73 bits per heavy atom. The van der Waals surface area contributed by atoms with E-state index in [1.54, 1.807) is 10.9 Å². The third-order valence-corrected chi connectivity index (χ3v) is 6.27. The summed E-state index contributed by atoms with van der Waals surface area (Å²) in [6, 6.07) is 3.91. The highest BCUT2D eigenvalue weighted by atomic mass is 16.2. The lowest BCUT2D eigenvalue weighted by Crippen LogP contribution is -2.50. The summed E-state index contributed by atoms with van der Waals surface area (Å²) < 4.78 is 5.43. The molecule has 3 aromatic rings. The number of piperidine rings is 1. The zero-order valence-corrected chi connectivity index (χ0v) is 17.4. The molecular formula is C21H25N7O2. The van der Waals surface area contributed by atoms with Gasteiger partial charge in [-0.05, 0) is 38.3 Å². The molecule has 0 aromatic carbocycles. The third-order valence-electron chi connectivity index (χ3n) is 6.27. The van der Waals surface area contributed by atoms with Gasteiger partial charge in [-0.1, -0.05) is 0 Å². The number of hydrogen-bond acceptors (Lipinski definition) is 5. The summed E-state index contributed by atoms with van der Waals surface area (Å²) in [5, 5.41) is 4.31. The average Bonchev–Trinajstić information content (AvgIpc) is 3.27. The van der Waals surface area contributed by atoms with Crippen LogP contribution in [0.15, 0.2) is 29.3 Å². The van der Waals surface area contributed by atoms with Gasteiger partial charge in [-0.15, -0.1) is 0 Å². The fourth-order valence-electron chi connectivity index (χ4n) is 4.88. The van der Waals surface area contributed by atoms with Crippen LogP contribution < -0.4 is 5.56 Å². The molecule has 5 rings (SSSR count). The molecule has 156 valence electrons. The molecule has 0 aliphatic carbocycles. The maximum absolute atomic E-state index is 13.2. The lowest BCUT2D eigenvalue weighted by Gasteiger charge is -2.43. The molecular weight excluding hydrogens is 382 g/mol. The number of carbonyl (C=O) groups is 1. The van der Waals surface area contributed by atoms with Gasteiger partial charge in [0.1, 0.15) is 24.0 Å². The molecule has 9 nitrogen and oxygen atoms in total. The number of nitrogens with zero attached hydrogens (tertiary/aromatic N) is 7. The first kappa shape index (κ1) is 18.8. The van der Waals surface area contributed by atoms with Crippen LogP contribution in [-0.2, 0) is 24.9 Å². The van der Waals surface area contributed by atoms with Gasteiger partial charge in [-0.3, -0.25) is 9.59 Å². The van der Waals surface area contributed by atoms with Crippen LogP contribution >= 0.6 is 0 Å². The molecule has 1 fully saturated rings. The van der Waals surface area contributed by atoms with Crippen molar-refractivity contribution in [2.45, 2.75) is 39.3 Å². The largest absolute Gasteiger partial charge is 0.340 e. The number of aryl methyl sites for hydroxylation is 3. The molecule has 30 heavy (non-hydrogen) atoms. The number of imidazole rings is 1. The summed E-state index contributed by atoms with van der Waals surface area (Å²) in [6.45, 7) is 5.82. The van der Waals surface area contributed by atoms with Gasteiger partial charge in [0.25, 0.3) is 5.56 Å². The Morgan fingerprint density at radius 2 is 2.03 bits per heavy atom. The Kier molecular flexibility index (Phi) is 4.34. The summed E-state index contributed by atoms with van der Waals surface area (Å²) in [4.78, 5) is 36.7. The predicted molar refractivity (Wildman–Crippen MR) is 110 cm³/mol. The monoisotopic (exact) mass is 407 g/mol. The Bertz CT molecular complexity index is 1190. The number of carbonyl (C=O) groups excluding carboxylic acids is 1. The van der Waals surface area contributed by atoms with E-state index in [1.807, 2.05) is 53.3 Å². The van der Waals surface area contributed by atoms with Gasteiger partial charge in [-0.2, -0.15) is 5.10 Å². The molecule has 2 aliphatic heterocycles. The Hall–Kier alpha value is -3.23. The second-order valence-electron chi connectivity index (χ2n) is 8.41. The van der Waals surface area contributed by atoms with Crippen LogP contribution in [0.5, 0.6) is 0 Å². The second kappa shape index (κ2) is 6.93. The number of aromatic nitrogens is 6. The number of likely N-dealkylation sites (tertiary alicyclic amines) is 1. The maximum atomic E-state index is 13.2. The average molecular weight is 407 g/mol. The van der Waals surface area contributed by atoms with Gasteiger partial charge in [-0.25, -0.2) is 14.6 Å². The first-order chi connectivity index (χ1) is 14.4. The van der Waals surface area contributed by atoms with E-state index in [-0.39, 0.29) is 29.8 Å². The smallest absolute Gasteiger partial charge is 0.261 e. The zero-order chi connectivity index (χ0) is 21.0. The van der Waals surface area contributed by atoms with E-state index in [0.717, 1.165) is 17.9 Å². The molecule has 0 saturated carbocycles. The van der Waals surface area contributed by atoms with Gasteiger partial charge < -0.3 is 14.0 Å². The second-order valence-corrected chi connectivity index (χ2v) is 8.41. The van der Waals surface area contributed by atoms with E-state index in [1.165, 1.54) is 0 Å². The van der Waals surface area contributed by atoms with Gasteiger partial charge in [0.15, 0.2) is 0 Å². The molecule has 5 heterocycles. The summed E-state index contributed by atoms with van der Waals surface area (Å²) in [6.07, 6.45) is 4.55. The van der Waals surface area contributed by atoms with Gasteiger partial charge in [0.2, 0.25) is 5.91 Å². The molecule has 0 unspecified atom stereocenters. The standard InChI is InChI=1S/C21H25N7O2/c1-13-23-14(2)28(24-13)12-19(29)26-9-15-8-16(11-26)18-5-4-17(21(30)27(18)10-15)20-22-6-7-25(20)3/h4-7,15-16H,8-12H2,1-3H3/t15-,16+/m0/s1. The molecule has 9 heteroatoms. The van der Waals surface area contributed by atoms with Crippen LogP contribution in [0.2, 0.25) is 0 Å². The minimum absolute atomic E-state index is 0.00462. The number of amides is 1. The Labute approximate surface area is 174 Å². The fourth-order valence-corrected chi connectivity index (χ4v) is 4.88. The molecule has 2 atom stereocenters. The Balaban J connectivity index is 1.41. The number of fused-ring (bicyclic) bond motifs is 4. The zero-order valence-electron chi connectivity index (χ0n) is 17.4. The van der Waals surface area contributed by atoms with Crippen LogP contribution in [0, 0.1) is 19.8 Å². The lowest BCUT2D eigenvalue weighted by atomic mass is 9.83. The summed E-state index contributed by atoms with van der Waals surface area (Å²) >= 11 is 0. The maximum Gasteiger partial charge on any atom is 0.261 e. The van der Waals surface area contributed by atoms with Crippen molar-refractivity contribution in [1.82, 2.24) is 33.8 Å². The topological polar surface area (TPSA) is 90.8 Å². The molecule has 3 aromatic heterocycles. The SMILES string of the molecule is Cc1nc(C)n(CC(=O)N2C[C@@H]3C[C@H](C2)c2ccc(-c4nccn4C)c(=O)n2C3)n1. The third kappa shape index (κ3) is 3.05. The minimum atomic E-state index is 0.00462. The lowest BCUT2D eigenvalue weighted by molar-refractivity contribution is -0.134. The van der Waals surface area contributed by atoms with Crippen molar-refractivity contribution < 1.29 is 4.79 Å². The molecule has 2 bridgehead atoms. The quantitative estimate of drug-likeness (QED) is 0.649. The van der Waals surface area contributed by atoms with Crippen LogP contribution in [0.25, 0.3) is 11.4 Å². The van der Waals surface area contributed by atoms with Crippen molar-refractivity contribution in [3.05, 3.63) is 52.2 Å². The first-order valence-corrected chi connectivity index (χ1v) is 10.3. The van der Waals surface area contributed by atoms with E-state index >= 15 is 0 Å². The van der Waals surface area contributed by atoms with Crippen LogP contribution in [-0.4, -0.2) is 52.8 Å². The van der Waals surface area contributed by atoms with E-state index in [4.69, 9.17) is 0 Å². The van der Waals surface area contributed by atoms with Crippen LogP contribution in [0.4, 0.5) is 0 Å². The Morgan fingerprint density at radius 1 is 1.20 bits per heavy atom. The summed E-state index contributed by atoms with van der Waals surface area (Å²) in [7, 11) is 1.89. The molecule has 1 saturated heterocycles. The molecule has 0 radical (unpaired) electrons. The van der Waals surface area contributed by atoms with Crippen molar-refractivity contribution >= 4 is 5.91 Å². The minimum Gasteiger partial charge on any atom is -0.340 e. The summed E-state index contributed by atoms with van der Waals surface area (Å²) in [5.41, 5.74) is 1.64. The van der Waals surface area contributed by atoms with Gasteiger partial charge in [0.05, 0.1) is 5.56 Å². The van der Waals surface area contributed by atoms with E-state index in [0.29, 0.717) is 36.8 Å². The van der Waals surface area contributed by atoms with Crippen molar-refractivity contribution in [2.24, 2.45) is 13.0 Å². The fraction of sp³-hybridized carbons (Fsp3) is 0.476. The number of rotatable bonds is 3. The van der Waals surface area contributed by atoms with Crippen molar-refractivity contribution in [3.8, 4) is 11.4 Å². The number of pyridine rings is 1. The normalized spacial score (nSPS) is 20.3. The first-order valence-electron chi connectivity index (χ1n) is 10.3.